The van der Waals surface area contributed by atoms with Gasteiger partial charge in [0.2, 0.25) is 39.3 Å². The number of epoxide rings is 4. The minimum atomic E-state index is -5.17. The van der Waals surface area contributed by atoms with E-state index in [9.17, 15) is 46.6 Å². The van der Waals surface area contributed by atoms with Gasteiger partial charge in [0.25, 0.3) is 0 Å². The Bertz CT molecular complexity index is 6380. The molecule has 4 saturated heterocycles. The van der Waals surface area contributed by atoms with Crippen LogP contribution < -0.4 is 79.2 Å². The molecule has 13 aromatic carbocycles. The van der Waals surface area contributed by atoms with Gasteiger partial charge in [-0.25, -0.2) is 42.1 Å². The molecule has 31 heteroatoms. The number of anilines is 4. The topological polar surface area (TPSA) is 358 Å². The van der Waals surface area contributed by atoms with E-state index in [2.05, 4.69) is 58.3 Å². The molecule has 25 nitrogen and oxygen atoms in total. The second-order valence-corrected chi connectivity index (χ2v) is 37.9. The van der Waals surface area contributed by atoms with Crippen molar-refractivity contribution in [2.45, 2.75) is 74.9 Å². The Kier molecular flexibility index (Phi) is 25.6. The molecule has 0 aliphatic carbocycles. The van der Waals surface area contributed by atoms with Crippen LogP contribution in [0.15, 0.2) is 353 Å². The number of nitrogen functional groups attached to an aromatic ring is 2. The molecule has 0 saturated carbocycles. The summed E-state index contributed by atoms with van der Waals surface area (Å²) in [5, 5.41) is 0. The zero-order chi connectivity index (χ0) is 84.1. The Morgan fingerprint density at radius 2 is 0.508 bits per heavy atom. The fourth-order valence-corrected chi connectivity index (χ4v) is 18.6. The van der Waals surface area contributed by atoms with Gasteiger partial charge in [0.1, 0.15) is 84.0 Å². The molecule has 618 valence electrons. The van der Waals surface area contributed by atoms with Crippen molar-refractivity contribution >= 4 is 72.2 Å². The number of ether oxygens (including phenoxy) is 10. The number of rotatable bonds is 33. The average Bonchev–Trinajstić information content (AvgIpc) is 1.08. The first-order valence-electron chi connectivity index (χ1n) is 38.1. The van der Waals surface area contributed by atoms with E-state index < -0.39 is 54.4 Å². The molecule has 122 heavy (non-hydrogen) atoms. The summed E-state index contributed by atoms with van der Waals surface area (Å²) in [5.41, 5.74) is 17.8. The van der Waals surface area contributed by atoms with Crippen molar-refractivity contribution in [2.24, 2.45) is 0 Å². The zero-order valence-corrected chi connectivity index (χ0v) is 71.4. The van der Waals surface area contributed by atoms with Gasteiger partial charge < -0.3 is 73.2 Å². The van der Waals surface area contributed by atoms with Crippen LogP contribution in [-0.2, 0) is 74.8 Å². The van der Waals surface area contributed by atoms with Gasteiger partial charge in [-0.3, -0.25) is 0 Å². The molecule has 17 rings (SSSR count). The molecule has 4 aliphatic heterocycles. The fraction of sp³-hybridized carbons (Fsp3) is 0.143. The normalized spacial score (nSPS) is 15.8. The molecule has 0 bridgehead atoms. The molecule has 0 radical (unpaired) electrons. The molecule has 4 fully saturated rings. The maximum absolute atomic E-state index is 13.7. The summed E-state index contributed by atoms with van der Waals surface area (Å²) in [7, 11) is -21.2. The predicted molar refractivity (Wildman–Crippen MR) is 449 cm³/mol. The Labute approximate surface area is 728 Å². The van der Waals surface area contributed by atoms with Crippen LogP contribution in [0.2, 0.25) is 0 Å². The van der Waals surface area contributed by atoms with E-state index in [0.29, 0.717) is 70.3 Å². The molecule has 0 aromatic heterocycles. The summed E-state index contributed by atoms with van der Waals surface area (Å²) < 4.78 is 202. The van der Waals surface area contributed by atoms with E-state index in [1.165, 1.54) is 217 Å². The van der Waals surface area contributed by atoms with Crippen LogP contribution in [0.1, 0.15) is 11.1 Å². The maximum atomic E-state index is 13.7. The summed E-state index contributed by atoms with van der Waals surface area (Å²) in [6, 6.07) is 79.6. The van der Waals surface area contributed by atoms with Crippen LogP contribution in [0.4, 0.5) is 22.7 Å². The van der Waals surface area contributed by atoms with E-state index in [0.717, 1.165) is 65.1 Å². The fourth-order valence-electron chi connectivity index (χ4n) is 13.0. The molecular formula is C91H77N4NaO21S5. The Morgan fingerprint density at radius 3 is 0.738 bits per heavy atom. The largest absolute Gasteiger partial charge is 1.00 e. The molecular weight excluding hydrogens is 1670 g/mol. The second-order valence-electron chi connectivity index (χ2n) is 28.7. The van der Waals surface area contributed by atoms with Crippen molar-refractivity contribution < 1.29 is 124 Å². The summed E-state index contributed by atoms with van der Waals surface area (Å²) in [6.07, 6.45) is 2.48. The molecule has 4 unspecified atom stereocenters. The van der Waals surface area contributed by atoms with Crippen molar-refractivity contribution in [3.63, 3.8) is 0 Å². The minimum Gasteiger partial charge on any atom is -0.744 e. The predicted octanol–water partition coefficient (Wildman–Crippen LogP) is 13.3. The standard InChI is InChI=1S/C66H48N2O17S5.C25H30N2O4.Na/c67-44-3-1-5-54(41-44)82-50-15-32-61(33-16-50)87(71,72)59-28-11-48(12-29-59)80-46-7-24-57(25-8-46)86(69,70)58-26-9-47(10-27-58)81-49-13-30-60(31-14-49)88(73,74)63-36-19-52(20-37-63)84-56-23-40-65(66(43-56)90(77,78)79)85-53-21-38-64(39-22-53)89(75,76)62-34-17-51(18-35-62)83-55-6-2-4-45(68)42-55;1-5-20(26(10-22-14-28-22)11-23-15-29-23)6-2-18(1)9-19-3-7-21(8-4-19)27(12-24-16-30-24)13-25-17-31-25;/h1-43H,67-68H2,(H,77,78,79);1-8,22-25H,9-17H2;/q;;+1/p-1. The third-order valence-corrected chi connectivity index (χ3v) is 27.7. The monoisotopic (exact) mass is 1740 g/mol. The Balaban J connectivity index is 0.000000299. The van der Waals surface area contributed by atoms with E-state index in [1.807, 2.05) is 0 Å². The van der Waals surface area contributed by atoms with Gasteiger partial charge in [0, 0.05) is 67.1 Å². The smallest absolute Gasteiger partial charge is 0.744 e. The first kappa shape index (κ1) is 85.4. The van der Waals surface area contributed by atoms with Crippen LogP contribution in [0.3, 0.4) is 0 Å². The summed E-state index contributed by atoms with van der Waals surface area (Å²) in [5.74, 6) is 2.50. The summed E-state index contributed by atoms with van der Waals surface area (Å²) in [6.45, 7) is 7.35. The maximum Gasteiger partial charge on any atom is 1.00 e. The van der Waals surface area contributed by atoms with E-state index in [-0.39, 0.29) is 103 Å². The van der Waals surface area contributed by atoms with Crippen molar-refractivity contribution in [3.8, 4) is 69.0 Å². The van der Waals surface area contributed by atoms with Crippen LogP contribution in [0.5, 0.6) is 69.0 Å². The van der Waals surface area contributed by atoms with Crippen molar-refractivity contribution in [1.82, 2.24) is 0 Å². The van der Waals surface area contributed by atoms with Crippen molar-refractivity contribution in [3.05, 3.63) is 321 Å². The number of nitrogens with two attached hydrogens (primary N) is 2. The summed E-state index contributed by atoms with van der Waals surface area (Å²) in [4.78, 5) is 3.70. The van der Waals surface area contributed by atoms with Crippen molar-refractivity contribution in [1.29, 1.82) is 0 Å². The SMILES string of the molecule is Nc1cccc(Oc2ccc(S(=O)(=O)c3ccc(Oc4ccc(S(=O)(=O)c5ccc(Oc6ccc(S(=O)(=O)c7ccc(Oc8ccc(Oc9ccc(S(=O)(=O)c%10ccc(Oc%11cccc(N)c%11)cc%10)cc9)c(S(=O)(=O)[O-])c8)cc7)cc6)cc5)cc4)cc3)cc2)c1.[Na+].c1cc(N(CC2CO2)CC2CO2)ccc1Cc1ccc(N(CC2CO2)CC2CO2)cc1. The van der Waals surface area contributed by atoms with Crippen LogP contribution in [-0.4, -0.2) is 124 Å². The molecule has 4 heterocycles. The van der Waals surface area contributed by atoms with Crippen LogP contribution in [0.25, 0.3) is 0 Å². The molecule has 4 atom stereocenters. The molecule has 4 N–H and O–H groups in total. The molecule has 13 aromatic rings. The Hall–Kier alpha value is -11.6. The third-order valence-electron chi connectivity index (χ3n) is 19.7. The average molecular weight is 1750 g/mol. The van der Waals surface area contributed by atoms with Gasteiger partial charge in [-0.1, -0.05) is 36.4 Å². The van der Waals surface area contributed by atoms with E-state index in [1.54, 1.807) is 60.7 Å². The van der Waals surface area contributed by atoms with Gasteiger partial charge in [-0.2, -0.15) is 0 Å². The second kappa shape index (κ2) is 36.6. The number of hydrogen-bond donors (Lipinski definition) is 2. The van der Waals surface area contributed by atoms with Crippen LogP contribution in [0, 0.1) is 0 Å². The van der Waals surface area contributed by atoms with Gasteiger partial charge in [0.05, 0.1) is 90.0 Å². The summed E-state index contributed by atoms with van der Waals surface area (Å²) >= 11 is 0. The Morgan fingerprint density at radius 1 is 0.287 bits per heavy atom. The van der Waals surface area contributed by atoms with Crippen molar-refractivity contribution in [2.75, 3.05) is 73.9 Å². The molecule has 4 aliphatic rings. The number of nitrogens with zero attached hydrogens (tertiary/aromatic N) is 2. The van der Waals surface area contributed by atoms with Gasteiger partial charge in [-0.15, -0.1) is 0 Å². The van der Waals surface area contributed by atoms with Gasteiger partial charge in [0.15, 0.2) is 0 Å². The minimum absolute atomic E-state index is 0. The van der Waals surface area contributed by atoms with E-state index in [4.69, 9.17) is 58.8 Å². The quantitative estimate of drug-likeness (QED) is 0.0167. The van der Waals surface area contributed by atoms with Gasteiger partial charge >= 0.3 is 29.6 Å². The first-order chi connectivity index (χ1) is 58.2. The van der Waals surface area contributed by atoms with Crippen LogP contribution >= 0.6 is 0 Å². The number of hydrogen-bond acceptors (Lipinski definition) is 25. The zero-order valence-electron chi connectivity index (χ0n) is 65.3. The third kappa shape index (κ3) is 21.8. The molecule has 0 spiro atoms. The first-order valence-corrected chi connectivity index (χ1v) is 45.4. The van der Waals surface area contributed by atoms with E-state index >= 15 is 0 Å². The number of sulfone groups is 4. The number of benzene rings is 13. The van der Waals surface area contributed by atoms with Gasteiger partial charge in [-0.05, 0) is 272 Å². The molecule has 0 amide bonds.